The molecule has 0 aliphatic heterocycles. The monoisotopic (exact) mass is 717 g/mol. The average Bonchev–Trinajstić information content (AvgIpc) is 3.83. The fourth-order valence-electron chi connectivity index (χ4n) is 8.36. The molecular formula is C52H35N3O. The van der Waals surface area contributed by atoms with Crippen molar-refractivity contribution in [1.82, 2.24) is 14.5 Å². The van der Waals surface area contributed by atoms with Crippen molar-refractivity contribution in [1.29, 1.82) is 0 Å². The van der Waals surface area contributed by atoms with Gasteiger partial charge in [0.05, 0.1) is 22.4 Å². The fourth-order valence-corrected chi connectivity index (χ4v) is 8.36. The molecule has 10 aromatic rings. The lowest BCUT2D eigenvalue weighted by Crippen LogP contribution is -1.99. The van der Waals surface area contributed by atoms with Crippen LogP contribution in [0.1, 0.15) is 18.5 Å². The molecule has 0 amide bonds. The van der Waals surface area contributed by atoms with E-state index in [1.165, 1.54) is 38.5 Å². The van der Waals surface area contributed by atoms with Gasteiger partial charge in [-0.3, -0.25) is 0 Å². The fraction of sp³-hybridized carbons (Fsp3) is 0.0385. The molecule has 1 aliphatic carbocycles. The first-order valence-corrected chi connectivity index (χ1v) is 19.2. The van der Waals surface area contributed by atoms with Gasteiger partial charge in [0.25, 0.3) is 0 Å². The second-order valence-corrected chi connectivity index (χ2v) is 14.5. The Kier molecular flexibility index (Phi) is 7.59. The van der Waals surface area contributed by atoms with E-state index in [1.807, 2.05) is 18.2 Å². The van der Waals surface area contributed by atoms with Gasteiger partial charge >= 0.3 is 0 Å². The second kappa shape index (κ2) is 13.2. The number of fused-ring (bicyclic) bond motifs is 6. The molecule has 7 aromatic carbocycles. The van der Waals surface area contributed by atoms with E-state index in [0.717, 1.165) is 79.9 Å². The minimum Gasteiger partial charge on any atom is -0.456 e. The van der Waals surface area contributed by atoms with Gasteiger partial charge in [0, 0.05) is 38.4 Å². The summed E-state index contributed by atoms with van der Waals surface area (Å²) in [5.41, 5.74) is 15.2. The van der Waals surface area contributed by atoms with Gasteiger partial charge in [-0.05, 0) is 89.2 Å². The van der Waals surface area contributed by atoms with Crippen molar-refractivity contribution in [2.24, 2.45) is 0 Å². The SMILES string of the molecule is C1=CCCC(c2cc(-c3ccccc3)nc(-c3ccc(-c4ccc5c(c4)c4ccccc4n5-c4ccc(-c5cccc6oc7ccccc7c56)cc4)cc3)n2)=C1. The Balaban J connectivity index is 0.956. The van der Waals surface area contributed by atoms with Crippen LogP contribution in [0.15, 0.2) is 193 Å². The lowest BCUT2D eigenvalue weighted by molar-refractivity contribution is 0.669. The van der Waals surface area contributed by atoms with Crippen LogP contribution in [0.5, 0.6) is 0 Å². The van der Waals surface area contributed by atoms with Crippen molar-refractivity contribution in [3.63, 3.8) is 0 Å². The van der Waals surface area contributed by atoms with E-state index in [-0.39, 0.29) is 0 Å². The largest absolute Gasteiger partial charge is 0.456 e. The van der Waals surface area contributed by atoms with Gasteiger partial charge in [0.2, 0.25) is 0 Å². The Bertz CT molecular complexity index is 3160. The lowest BCUT2D eigenvalue weighted by atomic mass is 9.99. The summed E-state index contributed by atoms with van der Waals surface area (Å²) >= 11 is 0. The number of hydrogen-bond acceptors (Lipinski definition) is 3. The maximum Gasteiger partial charge on any atom is 0.160 e. The van der Waals surface area contributed by atoms with E-state index in [2.05, 4.69) is 174 Å². The average molecular weight is 718 g/mol. The van der Waals surface area contributed by atoms with Gasteiger partial charge in [-0.25, -0.2) is 9.97 Å². The number of furan rings is 1. The van der Waals surface area contributed by atoms with E-state index < -0.39 is 0 Å². The molecule has 0 unspecified atom stereocenters. The molecular weight excluding hydrogens is 683 g/mol. The van der Waals surface area contributed by atoms with Crippen LogP contribution in [-0.2, 0) is 0 Å². The summed E-state index contributed by atoms with van der Waals surface area (Å²) in [5, 5.41) is 4.74. The van der Waals surface area contributed by atoms with Crippen molar-refractivity contribution >= 4 is 49.3 Å². The van der Waals surface area contributed by atoms with Crippen LogP contribution < -0.4 is 0 Å². The highest BCUT2D eigenvalue weighted by Crippen LogP contribution is 2.39. The zero-order chi connectivity index (χ0) is 37.0. The molecule has 3 aromatic heterocycles. The summed E-state index contributed by atoms with van der Waals surface area (Å²) in [6.45, 7) is 0. The Labute approximate surface area is 324 Å². The zero-order valence-corrected chi connectivity index (χ0v) is 30.6. The maximum absolute atomic E-state index is 6.19. The number of allylic oxidation sites excluding steroid dienone is 4. The van der Waals surface area contributed by atoms with Crippen LogP contribution in [0.3, 0.4) is 0 Å². The standard InChI is InChI=1S/C52H35N3O/c1-3-12-36(13-4-1)45-33-46(37-14-5-2-6-15-37)54-52(53-45)38-24-22-34(23-25-38)39-28-31-48-44(32-39)42-16-7-9-19-47(42)55(48)40-29-26-35(27-30-40)41-18-11-21-50-51(41)43-17-8-10-20-49(43)56-50/h1-5,7-14,16-33H,6,15H2. The first-order chi connectivity index (χ1) is 27.7. The Morgan fingerprint density at radius 3 is 2.02 bits per heavy atom. The second-order valence-electron chi connectivity index (χ2n) is 14.5. The van der Waals surface area contributed by atoms with Crippen molar-refractivity contribution in [2.45, 2.75) is 12.8 Å². The van der Waals surface area contributed by atoms with Crippen molar-refractivity contribution in [2.75, 3.05) is 0 Å². The van der Waals surface area contributed by atoms with Crippen molar-refractivity contribution in [3.05, 3.63) is 194 Å². The van der Waals surface area contributed by atoms with Gasteiger partial charge in [-0.2, -0.15) is 0 Å². The minimum atomic E-state index is 0.739. The predicted octanol–water partition coefficient (Wildman–Crippen LogP) is 13.9. The number of para-hydroxylation sites is 2. The third-order valence-corrected chi connectivity index (χ3v) is 11.1. The van der Waals surface area contributed by atoms with Crippen LogP contribution in [0, 0.1) is 0 Å². The number of hydrogen-bond donors (Lipinski definition) is 0. The predicted molar refractivity (Wildman–Crippen MR) is 232 cm³/mol. The molecule has 264 valence electrons. The molecule has 0 N–H and O–H groups in total. The molecule has 0 spiro atoms. The van der Waals surface area contributed by atoms with Gasteiger partial charge in [0.15, 0.2) is 5.82 Å². The summed E-state index contributed by atoms with van der Waals surface area (Å²) in [6.07, 6.45) is 8.52. The van der Waals surface area contributed by atoms with Gasteiger partial charge in [-0.1, -0.05) is 140 Å². The normalized spacial score (nSPS) is 12.9. The summed E-state index contributed by atoms with van der Waals surface area (Å²) in [5.74, 6) is 0.739. The van der Waals surface area contributed by atoms with Crippen LogP contribution in [0.2, 0.25) is 0 Å². The van der Waals surface area contributed by atoms with Gasteiger partial charge < -0.3 is 8.98 Å². The van der Waals surface area contributed by atoms with E-state index >= 15 is 0 Å². The van der Waals surface area contributed by atoms with E-state index in [9.17, 15) is 0 Å². The molecule has 0 radical (unpaired) electrons. The van der Waals surface area contributed by atoms with Gasteiger partial charge in [-0.15, -0.1) is 0 Å². The lowest BCUT2D eigenvalue weighted by Gasteiger charge is -2.13. The highest BCUT2D eigenvalue weighted by Gasteiger charge is 2.17. The quantitative estimate of drug-likeness (QED) is 0.172. The highest BCUT2D eigenvalue weighted by atomic mass is 16.3. The molecule has 56 heavy (non-hydrogen) atoms. The number of benzene rings is 7. The first kappa shape index (κ1) is 32.2. The zero-order valence-electron chi connectivity index (χ0n) is 30.6. The van der Waals surface area contributed by atoms with Crippen LogP contribution in [0.4, 0.5) is 0 Å². The minimum absolute atomic E-state index is 0.739. The molecule has 0 atom stereocenters. The topological polar surface area (TPSA) is 43.9 Å². The Morgan fingerprint density at radius 2 is 1.18 bits per heavy atom. The molecule has 3 heterocycles. The maximum atomic E-state index is 6.19. The van der Waals surface area contributed by atoms with Crippen LogP contribution in [-0.4, -0.2) is 14.5 Å². The number of aromatic nitrogens is 3. The molecule has 4 heteroatoms. The molecule has 0 fully saturated rings. The Morgan fingerprint density at radius 1 is 0.482 bits per heavy atom. The molecule has 11 rings (SSSR count). The Hall–Kier alpha value is -7.30. The van der Waals surface area contributed by atoms with Crippen LogP contribution in [0.25, 0.3) is 99.9 Å². The number of nitrogens with zero attached hydrogens (tertiary/aromatic N) is 3. The highest BCUT2D eigenvalue weighted by molar-refractivity contribution is 6.13. The summed E-state index contributed by atoms with van der Waals surface area (Å²) in [4.78, 5) is 10.1. The smallest absolute Gasteiger partial charge is 0.160 e. The summed E-state index contributed by atoms with van der Waals surface area (Å²) in [7, 11) is 0. The summed E-state index contributed by atoms with van der Waals surface area (Å²) < 4.78 is 8.57. The van der Waals surface area contributed by atoms with E-state index in [1.54, 1.807) is 0 Å². The molecule has 4 nitrogen and oxygen atoms in total. The third kappa shape index (κ3) is 5.46. The first-order valence-electron chi connectivity index (χ1n) is 19.2. The molecule has 1 aliphatic rings. The number of rotatable bonds is 6. The van der Waals surface area contributed by atoms with Gasteiger partial charge in [0.1, 0.15) is 11.2 Å². The van der Waals surface area contributed by atoms with E-state index in [0.29, 0.717) is 0 Å². The third-order valence-electron chi connectivity index (χ3n) is 11.1. The van der Waals surface area contributed by atoms with Crippen molar-refractivity contribution in [3.8, 4) is 50.6 Å². The van der Waals surface area contributed by atoms with Crippen LogP contribution >= 0.6 is 0 Å². The molecule has 0 bridgehead atoms. The van der Waals surface area contributed by atoms with Crippen molar-refractivity contribution < 1.29 is 4.42 Å². The summed E-state index contributed by atoms with van der Waals surface area (Å²) in [6, 6.07) is 60.2. The molecule has 0 saturated carbocycles. The molecule has 0 saturated heterocycles. The van der Waals surface area contributed by atoms with E-state index in [4.69, 9.17) is 14.4 Å².